The summed E-state index contributed by atoms with van der Waals surface area (Å²) >= 11 is 3.37. The van der Waals surface area contributed by atoms with Gasteiger partial charge >= 0.3 is 6.61 Å². The summed E-state index contributed by atoms with van der Waals surface area (Å²) in [7, 11) is 0. The molecule has 1 fully saturated rings. The van der Waals surface area contributed by atoms with Crippen molar-refractivity contribution in [2.75, 3.05) is 19.6 Å². The van der Waals surface area contributed by atoms with Crippen LogP contribution in [0.1, 0.15) is 18.4 Å². The predicted octanol–water partition coefficient (Wildman–Crippen LogP) is 3.79. The Morgan fingerprint density at radius 3 is 2.77 bits per heavy atom. The average molecular weight is 375 g/mol. The van der Waals surface area contributed by atoms with Gasteiger partial charge in [0.25, 0.3) is 0 Å². The summed E-state index contributed by atoms with van der Waals surface area (Å²) in [5.41, 5.74) is 0.739. The maximum Gasteiger partial charge on any atom is 0.387 e. The molecule has 0 amide bonds. The van der Waals surface area contributed by atoms with Gasteiger partial charge in [0.2, 0.25) is 0 Å². The van der Waals surface area contributed by atoms with Gasteiger partial charge in [-0.05, 0) is 44.1 Å². The van der Waals surface area contributed by atoms with Crippen LogP contribution in [0.4, 0.5) is 8.78 Å². The molecule has 1 aliphatic heterocycles. The highest BCUT2D eigenvalue weighted by Crippen LogP contribution is 2.25. The fourth-order valence-corrected chi connectivity index (χ4v) is 3.06. The second-order valence-electron chi connectivity index (χ2n) is 5.38. The first-order valence-corrected chi connectivity index (χ1v) is 8.17. The van der Waals surface area contributed by atoms with E-state index in [2.05, 4.69) is 37.5 Å². The summed E-state index contributed by atoms with van der Waals surface area (Å²) in [6.07, 6.45) is 4.02. The van der Waals surface area contributed by atoms with Crippen LogP contribution in [-0.4, -0.2) is 37.2 Å². The van der Waals surface area contributed by atoms with E-state index in [1.165, 1.54) is 0 Å². The highest BCUT2D eigenvalue weighted by Gasteiger charge is 2.18. The molecule has 0 saturated carbocycles. The number of likely N-dealkylation sites (tertiary alicyclic amines) is 1. The molecule has 1 aromatic carbocycles. The van der Waals surface area contributed by atoms with Gasteiger partial charge in [0.15, 0.2) is 0 Å². The lowest BCUT2D eigenvalue weighted by Crippen LogP contribution is -2.42. The summed E-state index contributed by atoms with van der Waals surface area (Å²) in [5.74, 6) is 0.231. The topological polar surface area (TPSA) is 24.5 Å². The summed E-state index contributed by atoms with van der Waals surface area (Å²) < 4.78 is 30.3. The van der Waals surface area contributed by atoms with Crippen molar-refractivity contribution < 1.29 is 13.5 Å². The van der Waals surface area contributed by atoms with E-state index in [9.17, 15) is 8.78 Å². The van der Waals surface area contributed by atoms with Crippen molar-refractivity contribution in [1.82, 2.24) is 10.2 Å². The number of hydrogen-bond acceptors (Lipinski definition) is 3. The Labute approximate surface area is 138 Å². The van der Waals surface area contributed by atoms with Crippen LogP contribution in [-0.2, 0) is 6.54 Å². The maximum atomic E-state index is 12.4. The molecule has 1 aromatic rings. The van der Waals surface area contributed by atoms with E-state index < -0.39 is 6.61 Å². The van der Waals surface area contributed by atoms with E-state index in [1.54, 1.807) is 12.1 Å². The van der Waals surface area contributed by atoms with Crippen LogP contribution in [0.15, 0.2) is 35.3 Å². The maximum absolute atomic E-state index is 12.4. The zero-order valence-electron chi connectivity index (χ0n) is 12.4. The molecule has 122 valence electrons. The molecule has 3 nitrogen and oxygen atoms in total. The van der Waals surface area contributed by atoms with E-state index in [4.69, 9.17) is 0 Å². The van der Waals surface area contributed by atoms with Gasteiger partial charge in [-0.15, -0.1) is 6.58 Å². The number of alkyl halides is 2. The lowest BCUT2D eigenvalue weighted by atomic mass is 10.0. The molecule has 2 rings (SSSR count). The van der Waals surface area contributed by atoms with Crippen LogP contribution in [0.3, 0.4) is 0 Å². The minimum Gasteiger partial charge on any atom is -0.434 e. The van der Waals surface area contributed by atoms with Crippen molar-refractivity contribution in [3.8, 4) is 5.75 Å². The van der Waals surface area contributed by atoms with Gasteiger partial charge in [0.05, 0.1) is 0 Å². The number of benzene rings is 1. The van der Waals surface area contributed by atoms with Crippen molar-refractivity contribution in [3.05, 3.63) is 40.9 Å². The Morgan fingerprint density at radius 2 is 2.14 bits per heavy atom. The van der Waals surface area contributed by atoms with Crippen molar-refractivity contribution in [3.63, 3.8) is 0 Å². The van der Waals surface area contributed by atoms with Gasteiger partial charge < -0.3 is 10.1 Å². The van der Waals surface area contributed by atoms with E-state index >= 15 is 0 Å². The van der Waals surface area contributed by atoms with Gasteiger partial charge in [-0.1, -0.05) is 22.0 Å². The fourth-order valence-electron chi connectivity index (χ4n) is 2.65. The van der Waals surface area contributed by atoms with Crippen LogP contribution >= 0.6 is 15.9 Å². The molecule has 1 N–H and O–H groups in total. The third-order valence-electron chi connectivity index (χ3n) is 3.79. The third-order valence-corrected chi connectivity index (χ3v) is 4.29. The van der Waals surface area contributed by atoms with Gasteiger partial charge in [-0.2, -0.15) is 8.78 Å². The molecular weight excluding hydrogens is 354 g/mol. The van der Waals surface area contributed by atoms with Gasteiger partial charge in [-0.3, -0.25) is 4.90 Å². The number of rotatable bonds is 7. The smallest absolute Gasteiger partial charge is 0.387 e. The summed E-state index contributed by atoms with van der Waals surface area (Å²) in [4.78, 5) is 2.36. The molecule has 0 atom stereocenters. The van der Waals surface area contributed by atoms with Crippen LogP contribution in [0.5, 0.6) is 5.75 Å². The molecule has 0 bridgehead atoms. The van der Waals surface area contributed by atoms with Crippen LogP contribution < -0.4 is 10.1 Å². The Hall–Kier alpha value is -0.980. The Balaban J connectivity index is 1.88. The minimum atomic E-state index is -2.80. The van der Waals surface area contributed by atoms with Gasteiger partial charge in [0.1, 0.15) is 5.75 Å². The third kappa shape index (κ3) is 5.34. The van der Waals surface area contributed by atoms with Crippen LogP contribution in [0, 0.1) is 0 Å². The first kappa shape index (κ1) is 17.4. The number of halogens is 3. The second kappa shape index (κ2) is 8.60. The second-order valence-corrected chi connectivity index (χ2v) is 6.29. The predicted molar refractivity (Wildman–Crippen MR) is 87.3 cm³/mol. The monoisotopic (exact) mass is 374 g/mol. The van der Waals surface area contributed by atoms with Gasteiger partial charge in [0, 0.05) is 29.2 Å². The van der Waals surface area contributed by atoms with E-state index in [0.29, 0.717) is 12.6 Å². The molecule has 0 radical (unpaired) electrons. The SMILES string of the molecule is C=CCN1CCC(NCc2cc(Br)ccc2OC(F)F)CC1. The van der Waals surface area contributed by atoms with Crippen LogP contribution in [0.25, 0.3) is 0 Å². The minimum absolute atomic E-state index is 0.231. The Morgan fingerprint density at radius 1 is 1.41 bits per heavy atom. The van der Waals surface area contributed by atoms with Crippen LogP contribution in [0.2, 0.25) is 0 Å². The number of nitrogens with zero attached hydrogens (tertiary/aromatic N) is 1. The quantitative estimate of drug-likeness (QED) is 0.734. The molecule has 0 unspecified atom stereocenters. The van der Waals surface area contributed by atoms with E-state index in [1.807, 2.05) is 12.1 Å². The summed E-state index contributed by atoms with van der Waals surface area (Å²) in [6.45, 7) is 4.45. The summed E-state index contributed by atoms with van der Waals surface area (Å²) in [5, 5.41) is 3.44. The highest BCUT2D eigenvalue weighted by atomic mass is 79.9. The van der Waals surface area contributed by atoms with Crippen molar-refractivity contribution >= 4 is 15.9 Å². The molecule has 6 heteroatoms. The first-order valence-electron chi connectivity index (χ1n) is 7.38. The molecular formula is C16H21BrF2N2O. The number of nitrogens with one attached hydrogen (secondary N) is 1. The Kier molecular flexibility index (Phi) is 6.79. The molecule has 1 aliphatic rings. The van der Waals surface area contributed by atoms with E-state index in [0.717, 1.165) is 42.5 Å². The normalized spacial score (nSPS) is 16.9. The Bertz CT molecular complexity index is 491. The number of piperidine rings is 1. The molecule has 1 heterocycles. The van der Waals surface area contributed by atoms with Crippen molar-refractivity contribution in [2.45, 2.75) is 32.0 Å². The number of ether oxygens (including phenoxy) is 1. The lowest BCUT2D eigenvalue weighted by molar-refractivity contribution is -0.0505. The highest BCUT2D eigenvalue weighted by molar-refractivity contribution is 9.10. The van der Waals surface area contributed by atoms with Crippen molar-refractivity contribution in [2.24, 2.45) is 0 Å². The lowest BCUT2D eigenvalue weighted by Gasteiger charge is -2.31. The largest absolute Gasteiger partial charge is 0.434 e. The van der Waals surface area contributed by atoms with Crippen molar-refractivity contribution in [1.29, 1.82) is 0 Å². The molecule has 0 spiro atoms. The fraction of sp³-hybridized carbons (Fsp3) is 0.500. The molecule has 0 aromatic heterocycles. The molecule has 0 aliphatic carbocycles. The van der Waals surface area contributed by atoms with E-state index in [-0.39, 0.29) is 5.75 Å². The molecule has 22 heavy (non-hydrogen) atoms. The number of hydrogen-bond donors (Lipinski definition) is 1. The standard InChI is InChI=1S/C16H21BrF2N2O/c1-2-7-21-8-5-14(6-9-21)20-11-12-10-13(17)3-4-15(12)22-16(18)19/h2-4,10,14,16,20H,1,5-9,11H2. The average Bonchev–Trinajstić information content (AvgIpc) is 2.49. The first-order chi connectivity index (χ1) is 10.6. The summed E-state index contributed by atoms with van der Waals surface area (Å²) in [6, 6.07) is 5.49. The zero-order chi connectivity index (χ0) is 15.9. The molecule has 1 saturated heterocycles. The van der Waals surface area contributed by atoms with Gasteiger partial charge in [-0.25, -0.2) is 0 Å². The zero-order valence-corrected chi connectivity index (χ0v) is 14.0.